The number of nitrogens with one attached hydrogen (secondary N) is 1. The Bertz CT molecular complexity index is 976. The molecule has 0 atom stereocenters. The van der Waals surface area contributed by atoms with Crippen LogP contribution in [0.2, 0.25) is 5.02 Å². The maximum absolute atomic E-state index is 12.9. The van der Waals surface area contributed by atoms with E-state index in [1.807, 2.05) is 0 Å². The van der Waals surface area contributed by atoms with Crippen molar-refractivity contribution in [3.05, 3.63) is 58.6 Å². The van der Waals surface area contributed by atoms with E-state index in [-0.39, 0.29) is 23.0 Å². The Kier molecular flexibility index (Phi) is 6.12. The molecule has 1 aliphatic heterocycles. The van der Waals surface area contributed by atoms with Gasteiger partial charge in [0.2, 0.25) is 0 Å². The molecule has 1 aliphatic rings. The number of para-hydroxylation sites is 1. The molecular weight excluding hydrogens is 398 g/mol. The van der Waals surface area contributed by atoms with Gasteiger partial charge in [0.05, 0.1) is 10.6 Å². The van der Waals surface area contributed by atoms with Crippen LogP contribution in [-0.2, 0) is 0 Å². The molecule has 1 heterocycles. The number of benzene rings is 2. The van der Waals surface area contributed by atoms with Gasteiger partial charge in [-0.3, -0.25) is 9.69 Å². The molecule has 1 N–H and O–H groups in total. The molecule has 1 amide bonds. The SMILES string of the molecule is CN1C(C)(C)CC(NC(=O)c2ccc(Oc3ccccc3C#N)c(Cl)c2)CC1(C)C. The summed E-state index contributed by atoms with van der Waals surface area (Å²) < 4.78 is 5.79. The van der Waals surface area contributed by atoms with Crippen molar-refractivity contribution >= 4 is 17.5 Å². The third kappa shape index (κ3) is 4.61. The van der Waals surface area contributed by atoms with E-state index in [0.717, 1.165) is 12.8 Å². The molecule has 1 saturated heterocycles. The number of halogens is 1. The minimum Gasteiger partial charge on any atom is -0.454 e. The van der Waals surface area contributed by atoms with Crippen molar-refractivity contribution in [2.45, 2.75) is 57.7 Å². The summed E-state index contributed by atoms with van der Waals surface area (Å²) in [4.78, 5) is 15.3. The lowest BCUT2D eigenvalue weighted by Gasteiger charge is -2.53. The molecular formula is C24H28ClN3O2. The predicted octanol–water partition coefficient (Wildman–Crippen LogP) is 5.39. The van der Waals surface area contributed by atoms with Gasteiger partial charge in [-0.2, -0.15) is 5.26 Å². The van der Waals surface area contributed by atoms with Gasteiger partial charge >= 0.3 is 0 Å². The molecule has 0 spiro atoms. The van der Waals surface area contributed by atoms with E-state index in [9.17, 15) is 10.1 Å². The van der Waals surface area contributed by atoms with Crippen LogP contribution in [0, 0.1) is 11.3 Å². The summed E-state index contributed by atoms with van der Waals surface area (Å²) in [6.07, 6.45) is 1.75. The van der Waals surface area contributed by atoms with Crippen molar-refractivity contribution in [1.82, 2.24) is 10.2 Å². The zero-order valence-corrected chi connectivity index (χ0v) is 18.9. The molecule has 3 rings (SSSR count). The van der Waals surface area contributed by atoms with Crippen LogP contribution in [0.15, 0.2) is 42.5 Å². The molecule has 0 bridgehead atoms. The first-order valence-corrected chi connectivity index (χ1v) is 10.4. The summed E-state index contributed by atoms with van der Waals surface area (Å²) in [6, 6.07) is 14.1. The molecule has 2 aromatic rings. The van der Waals surface area contributed by atoms with Crippen LogP contribution >= 0.6 is 11.6 Å². The Hall–Kier alpha value is -2.55. The molecule has 1 fully saturated rings. The smallest absolute Gasteiger partial charge is 0.251 e. The second kappa shape index (κ2) is 8.29. The second-order valence-corrected chi connectivity index (χ2v) is 9.52. The zero-order chi connectivity index (χ0) is 22.1. The van der Waals surface area contributed by atoms with Gasteiger partial charge in [-0.25, -0.2) is 0 Å². The van der Waals surface area contributed by atoms with Crippen LogP contribution in [0.5, 0.6) is 11.5 Å². The molecule has 0 saturated carbocycles. The summed E-state index contributed by atoms with van der Waals surface area (Å²) >= 11 is 6.38. The quantitative estimate of drug-likeness (QED) is 0.713. The van der Waals surface area contributed by atoms with Crippen molar-refractivity contribution in [1.29, 1.82) is 5.26 Å². The summed E-state index contributed by atoms with van der Waals surface area (Å²) in [6.45, 7) is 8.81. The highest BCUT2D eigenvalue weighted by atomic mass is 35.5. The lowest BCUT2D eigenvalue weighted by molar-refractivity contribution is -0.0169. The number of rotatable bonds is 4. The Morgan fingerprint density at radius 3 is 2.37 bits per heavy atom. The normalized spacial score (nSPS) is 18.4. The van der Waals surface area contributed by atoms with E-state index in [2.05, 4.69) is 51.0 Å². The van der Waals surface area contributed by atoms with E-state index in [1.165, 1.54) is 0 Å². The number of hydrogen-bond donors (Lipinski definition) is 1. The van der Waals surface area contributed by atoms with Crippen molar-refractivity contribution in [3.8, 4) is 17.6 Å². The molecule has 0 aliphatic carbocycles. The van der Waals surface area contributed by atoms with E-state index < -0.39 is 0 Å². The molecule has 2 aromatic carbocycles. The molecule has 30 heavy (non-hydrogen) atoms. The third-order valence-electron chi connectivity index (χ3n) is 6.06. The van der Waals surface area contributed by atoms with E-state index in [1.54, 1.807) is 42.5 Å². The van der Waals surface area contributed by atoms with Crippen molar-refractivity contribution in [3.63, 3.8) is 0 Å². The number of likely N-dealkylation sites (tertiary alicyclic amines) is 1. The van der Waals surface area contributed by atoms with Crippen LogP contribution in [0.3, 0.4) is 0 Å². The van der Waals surface area contributed by atoms with Gasteiger partial charge in [0.15, 0.2) is 0 Å². The number of nitrogens with zero attached hydrogens (tertiary/aromatic N) is 2. The number of carbonyl (C=O) groups excluding carboxylic acids is 1. The van der Waals surface area contributed by atoms with Crippen molar-refractivity contribution in [2.75, 3.05) is 7.05 Å². The van der Waals surface area contributed by atoms with Crippen LogP contribution in [0.25, 0.3) is 0 Å². The van der Waals surface area contributed by atoms with Gasteiger partial charge in [-0.15, -0.1) is 0 Å². The molecule has 0 aromatic heterocycles. The third-order valence-corrected chi connectivity index (χ3v) is 6.36. The first-order valence-electron chi connectivity index (χ1n) is 10.0. The molecule has 0 radical (unpaired) electrons. The van der Waals surface area contributed by atoms with Gasteiger partial charge in [0.1, 0.15) is 17.6 Å². The topological polar surface area (TPSA) is 65.4 Å². The van der Waals surface area contributed by atoms with Crippen molar-refractivity contribution in [2.24, 2.45) is 0 Å². The predicted molar refractivity (Wildman–Crippen MR) is 119 cm³/mol. The van der Waals surface area contributed by atoms with E-state index >= 15 is 0 Å². The highest BCUT2D eigenvalue weighted by Gasteiger charge is 2.43. The molecule has 5 nitrogen and oxygen atoms in total. The monoisotopic (exact) mass is 425 g/mol. The zero-order valence-electron chi connectivity index (χ0n) is 18.1. The summed E-state index contributed by atoms with van der Waals surface area (Å²) in [7, 11) is 2.14. The van der Waals surface area contributed by atoms with Crippen LogP contribution in [-0.4, -0.2) is 35.0 Å². The maximum atomic E-state index is 12.9. The number of amides is 1. The van der Waals surface area contributed by atoms with Crippen LogP contribution in [0.4, 0.5) is 0 Å². The summed E-state index contributed by atoms with van der Waals surface area (Å²) in [5.74, 6) is 0.675. The fourth-order valence-corrected chi connectivity index (χ4v) is 4.45. The first-order chi connectivity index (χ1) is 14.0. The fraction of sp³-hybridized carbons (Fsp3) is 0.417. The van der Waals surface area contributed by atoms with Gasteiger partial charge in [-0.1, -0.05) is 23.7 Å². The Morgan fingerprint density at radius 2 is 1.77 bits per heavy atom. The van der Waals surface area contributed by atoms with Crippen LogP contribution < -0.4 is 10.1 Å². The van der Waals surface area contributed by atoms with Crippen LogP contribution in [0.1, 0.15) is 56.5 Å². The van der Waals surface area contributed by atoms with Gasteiger partial charge in [0.25, 0.3) is 5.91 Å². The number of piperidine rings is 1. The first kappa shape index (κ1) is 22.1. The highest BCUT2D eigenvalue weighted by molar-refractivity contribution is 6.32. The standard InChI is InChI=1S/C24H28ClN3O2/c1-23(2)13-18(14-24(3,4)28(23)5)27-22(29)16-10-11-21(19(25)12-16)30-20-9-7-6-8-17(20)15-26/h6-12,18H,13-14H2,1-5H3,(H,27,29). The summed E-state index contributed by atoms with van der Waals surface area (Å²) in [5, 5.41) is 12.7. The summed E-state index contributed by atoms with van der Waals surface area (Å²) in [5.41, 5.74) is 0.880. The molecule has 0 unspecified atom stereocenters. The Balaban J connectivity index is 1.73. The van der Waals surface area contributed by atoms with Gasteiger partial charge < -0.3 is 10.1 Å². The second-order valence-electron chi connectivity index (χ2n) is 9.12. The minimum atomic E-state index is -0.151. The van der Waals surface area contributed by atoms with Gasteiger partial charge in [-0.05, 0) is 77.9 Å². The number of hydrogen-bond acceptors (Lipinski definition) is 4. The lowest BCUT2D eigenvalue weighted by atomic mass is 9.77. The van der Waals surface area contributed by atoms with E-state index in [4.69, 9.17) is 16.3 Å². The van der Waals surface area contributed by atoms with E-state index in [0.29, 0.717) is 27.6 Å². The number of nitriles is 1. The lowest BCUT2D eigenvalue weighted by Crippen LogP contribution is -2.62. The Labute approximate surface area is 183 Å². The Morgan fingerprint density at radius 1 is 1.13 bits per heavy atom. The average molecular weight is 426 g/mol. The maximum Gasteiger partial charge on any atom is 0.251 e. The largest absolute Gasteiger partial charge is 0.454 e. The number of ether oxygens (including phenoxy) is 1. The van der Waals surface area contributed by atoms with Gasteiger partial charge in [0, 0.05) is 22.7 Å². The van der Waals surface area contributed by atoms with Crippen molar-refractivity contribution < 1.29 is 9.53 Å². The minimum absolute atomic E-state index is 0.0107. The molecule has 158 valence electrons. The number of carbonyl (C=O) groups is 1. The molecule has 6 heteroatoms. The highest BCUT2D eigenvalue weighted by Crippen LogP contribution is 2.37. The fourth-order valence-electron chi connectivity index (χ4n) is 4.23. The average Bonchev–Trinajstić information content (AvgIpc) is 2.67.